The van der Waals surface area contributed by atoms with Crippen molar-refractivity contribution in [3.8, 4) is 0 Å². The summed E-state index contributed by atoms with van der Waals surface area (Å²) in [5, 5.41) is 25.4. The van der Waals surface area contributed by atoms with Gasteiger partial charge in [0.2, 0.25) is 5.16 Å². The van der Waals surface area contributed by atoms with E-state index < -0.39 is 42.3 Å². The molecule has 0 saturated carbocycles. The Hall–Kier alpha value is -2.36. The fourth-order valence-corrected chi connectivity index (χ4v) is 8.42. The predicted octanol–water partition coefficient (Wildman–Crippen LogP) is 1.06. The molecule has 1 amide bonds. The molecule has 2 unspecified atom stereocenters. The van der Waals surface area contributed by atoms with Crippen molar-refractivity contribution in [1.82, 2.24) is 35.8 Å². The van der Waals surface area contributed by atoms with E-state index in [1.54, 1.807) is 19.3 Å². The number of aromatic nitrogens is 5. The molecular formula is C19H22N7O6PS3. The normalized spacial score (nSPS) is 21.8. The number of aromatic amines is 1. The Bertz CT molecular complexity index is 1220. The number of β-lactam (4-membered cyclic amide) rings is 1. The van der Waals surface area contributed by atoms with Crippen molar-refractivity contribution >= 4 is 60.2 Å². The second-order valence-electron chi connectivity index (χ2n) is 7.70. The van der Waals surface area contributed by atoms with Gasteiger partial charge in [-0.25, -0.2) is 4.79 Å². The van der Waals surface area contributed by atoms with Crippen LogP contribution in [-0.4, -0.2) is 92.6 Å². The topological polar surface area (TPSA) is 184 Å². The highest BCUT2D eigenvalue weighted by atomic mass is 32.2. The predicted molar refractivity (Wildman–Crippen MR) is 135 cm³/mol. The number of carbonyl (C=O) groups excluding carboxylic acids is 1. The number of hydrogen-bond donors (Lipinski definition) is 4. The minimum absolute atomic E-state index is 0.00635. The highest BCUT2D eigenvalue weighted by Crippen LogP contribution is 2.50. The smallest absolute Gasteiger partial charge is 0.352 e. The first kappa shape index (κ1) is 26.7. The van der Waals surface area contributed by atoms with Crippen molar-refractivity contribution in [1.29, 1.82) is 0 Å². The Labute approximate surface area is 219 Å². The van der Waals surface area contributed by atoms with Crippen LogP contribution in [0.4, 0.5) is 0 Å². The van der Waals surface area contributed by atoms with Crippen molar-refractivity contribution in [2.24, 2.45) is 0 Å². The molecule has 2 aliphatic rings. The Kier molecular flexibility index (Phi) is 8.42. The summed E-state index contributed by atoms with van der Waals surface area (Å²) in [6, 6.07) is 2.95. The maximum absolute atomic E-state index is 13.1. The number of H-pyrrole nitrogens is 1. The van der Waals surface area contributed by atoms with E-state index >= 15 is 0 Å². The lowest BCUT2D eigenvalue weighted by molar-refractivity contribution is -0.148. The molecule has 4 N–H and O–H groups in total. The number of carboxylic acid groups (broad SMARTS) is 1. The van der Waals surface area contributed by atoms with E-state index in [0.29, 0.717) is 17.0 Å². The largest absolute Gasteiger partial charge is 0.477 e. The molecule has 0 radical (unpaired) electrons. The van der Waals surface area contributed by atoms with Gasteiger partial charge in [0.1, 0.15) is 17.1 Å². The van der Waals surface area contributed by atoms with Crippen LogP contribution in [0.1, 0.15) is 12.5 Å². The van der Waals surface area contributed by atoms with Gasteiger partial charge in [-0.2, -0.15) is 5.21 Å². The Balaban J connectivity index is 1.56. The summed E-state index contributed by atoms with van der Waals surface area (Å²) in [7, 11) is -4.07. The molecule has 36 heavy (non-hydrogen) atoms. The first-order chi connectivity index (χ1) is 17.2. The number of carbonyl (C=O) groups is 2. The number of fused-ring (bicyclic) bond motifs is 1. The van der Waals surface area contributed by atoms with Gasteiger partial charge in [-0.15, -0.1) is 22.0 Å². The maximum Gasteiger partial charge on any atom is 0.352 e. The molecule has 2 aliphatic heterocycles. The molecule has 1 fully saturated rings. The first-order valence-electron chi connectivity index (χ1n) is 10.7. The van der Waals surface area contributed by atoms with E-state index in [0.717, 1.165) is 17.3 Å². The number of tetrazole rings is 1. The van der Waals surface area contributed by atoms with E-state index in [9.17, 15) is 24.2 Å². The van der Waals surface area contributed by atoms with Gasteiger partial charge in [0.15, 0.2) is 0 Å². The third-order valence-corrected chi connectivity index (χ3v) is 9.74. The van der Waals surface area contributed by atoms with Crippen molar-refractivity contribution in [2.75, 3.05) is 18.5 Å². The van der Waals surface area contributed by atoms with Gasteiger partial charge in [0, 0.05) is 29.8 Å². The minimum Gasteiger partial charge on any atom is -0.477 e. The monoisotopic (exact) mass is 571 g/mol. The fourth-order valence-electron chi connectivity index (χ4n) is 3.81. The molecule has 2 aromatic rings. The van der Waals surface area contributed by atoms with Crippen molar-refractivity contribution in [2.45, 2.75) is 35.2 Å². The van der Waals surface area contributed by atoms with Crippen molar-refractivity contribution in [3.05, 3.63) is 41.4 Å². The maximum atomic E-state index is 13.1. The average molecular weight is 572 g/mol. The molecule has 4 heterocycles. The lowest BCUT2D eigenvalue weighted by atomic mass is 10.0. The highest BCUT2D eigenvalue weighted by molar-refractivity contribution is 8.01. The molecule has 1 saturated heterocycles. The molecule has 0 aliphatic carbocycles. The second kappa shape index (κ2) is 11.4. The molecule has 2 aromatic heterocycles. The van der Waals surface area contributed by atoms with Crippen LogP contribution in [0.25, 0.3) is 0 Å². The zero-order chi connectivity index (χ0) is 25.9. The third-order valence-electron chi connectivity index (χ3n) is 5.32. The first-order valence-corrected chi connectivity index (χ1v) is 14.8. The van der Waals surface area contributed by atoms with Crippen LogP contribution in [-0.2, 0) is 25.1 Å². The SMILES string of the molecule is CCOP(=O)(O)CC(Sc1nn[nH]n1)C1=C(C(=O)O)N2C(=O)[C@@H](NC(=S)Cc3ccncc3)[C@@H]2SC1. The van der Waals surface area contributed by atoms with Gasteiger partial charge in [0.25, 0.3) is 5.91 Å². The van der Waals surface area contributed by atoms with Crippen LogP contribution in [0.5, 0.6) is 0 Å². The quantitative estimate of drug-likeness (QED) is 0.130. The lowest BCUT2D eigenvalue weighted by Gasteiger charge is -2.50. The van der Waals surface area contributed by atoms with Gasteiger partial charge >= 0.3 is 13.6 Å². The number of carboxylic acids is 1. The van der Waals surface area contributed by atoms with Gasteiger partial charge in [-0.05, 0) is 35.4 Å². The number of amides is 1. The second-order valence-corrected chi connectivity index (χ2v) is 12.4. The fraction of sp³-hybridized carbons (Fsp3) is 0.421. The van der Waals surface area contributed by atoms with Crippen LogP contribution in [0.15, 0.2) is 41.0 Å². The van der Waals surface area contributed by atoms with E-state index in [1.807, 2.05) is 12.1 Å². The summed E-state index contributed by atoms with van der Waals surface area (Å²) in [6.45, 7) is 1.59. The van der Waals surface area contributed by atoms with Gasteiger partial charge in [0.05, 0.1) is 17.8 Å². The summed E-state index contributed by atoms with van der Waals surface area (Å²) in [5.74, 6) is -1.56. The third kappa shape index (κ3) is 5.95. The number of thioether (sulfide) groups is 2. The van der Waals surface area contributed by atoms with Crippen LogP contribution in [0, 0.1) is 0 Å². The van der Waals surface area contributed by atoms with Crippen LogP contribution in [0.2, 0.25) is 0 Å². The van der Waals surface area contributed by atoms with E-state index in [-0.39, 0.29) is 23.2 Å². The highest BCUT2D eigenvalue weighted by Gasteiger charge is 2.54. The van der Waals surface area contributed by atoms with Crippen LogP contribution < -0.4 is 5.32 Å². The zero-order valence-electron chi connectivity index (χ0n) is 18.8. The van der Waals surface area contributed by atoms with Crippen molar-refractivity contribution in [3.63, 3.8) is 0 Å². The molecule has 4 rings (SSSR count). The number of hydrogen-bond acceptors (Lipinski definition) is 11. The Morgan fingerprint density at radius 3 is 2.86 bits per heavy atom. The van der Waals surface area contributed by atoms with Gasteiger partial charge < -0.3 is 19.8 Å². The molecular weight excluding hydrogens is 549 g/mol. The van der Waals surface area contributed by atoms with Gasteiger partial charge in [-0.3, -0.25) is 19.2 Å². The minimum atomic E-state index is -4.07. The van der Waals surface area contributed by atoms with E-state index in [4.69, 9.17) is 16.7 Å². The number of pyridine rings is 1. The molecule has 4 atom stereocenters. The molecule has 0 bridgehead atoms. The summed E-state index contributed by atoms with van der Waals surface area (Å²) in [5.41, 5.74) is 1.01. The van der Waals surface area contributed by atoms with E-state index in [2.05, 4.69) is 30.9 Å². The summed E-state index contributed by atoms with van der Waals surface area (Å²) in [6.07, 6.45) is 3.32. The van der Waals surface area contributed by atoms with E-state index in [1.165, 1.54) is 16.7 Å². The summed E-state index contributed by atoms with van der Waals surface area (Å²) < 4.78 is 17.6. The van der Waals surface area contributed by atoms with Gasteiger partial charge in [-0.1, -0.05) is 24.0 Å². The summed E-state index contributed by atoms with van der Waals surface area (Å²) in [4.78, 5) is 41.3. The Morgan fingerprint density at radius 2 is 2.22 bits per heavy atom. The molecule has 0 spiro atoms. The molecule has 13 nitrogen and oxygen atoms in total. The Morgan fingerprint density at radius 1 is 1.47 bits per heavy atom. The molecule has 17 heteroatoms. The number of aliphatic carboxylic acids is 1. The molecule has 192 valence electrons. The van der Waals surface area contributed by atoms with Crippen LogP contribution >= 0.6 is 43.3 Å². The number of nitrogens with zero attached hydrogens (tertiary/aromatic N) is 5. The van der Waals surface area contributed by atoms with Crippen molar-refractivity contribution < 1.29 is 28.7 Å². The number of thiocarbonyl (C=S) groups is 1. The average Bonchev–Trinajstić information content (AvgIpc) is 3.34. The summed E-state index contributed by atoms with van der Waals surface area (Å²) >= 11 is 7.73. The number of rotatable bonds is 11. The lowest BCUT2D eigenvalue weighted by Crippen LogP contribution is -2.70. The number of nitrogens with one attached hydrogen (secondary N) is 2. The zero-order valence-corrected chi connectivity index (χ0v) is 22.1. The standard InChI is InChI=1S/C19H22N7O6PS3/c1-2-32-33(30,31)8-12(36-19-22-24-25-23-19)11-9-35-17-14(16(27)26(17)15(11)18(28)29)21-13(34)7-10-3-5-20-6-4-10/h3-6,12,14,17H,2,7-9H2,1H3,(H,21,34)(H,28,29)(H,30,31)(H,22,23,24,25)/t12?,14-,17+/m1/s1. The van der Waals surface area contributed by atoms with Crippen LogP contribution in [0.3, 0.4) is 0 Å². The molecule has 0 aromatic carbocycles.